The van der Waals surface area contributed by atoms with Crippen LogP contribution in [0.4, 0.5) is 0 Å². The summed E-state index contributed by atoms with van der Waals surface area (Å²) in [6.45, 7) is 4.87. The number of aromatic nitrogens is 1. The van der Waals surface area contributed by atoms with Gasteiger partial charge in [-0.25, -0.2) is 4.98 Å². The molecule has 2 rings (SSSR count). The van der Waals surface area contributed by atoms with Crippen molar-refractivity contribution in [2.75, 3.05) is 7.11 Å². The van der Waals surface area contributed by atoms with Gasteiger partial charge in [-0.15, -0.1) is 11.3 Å². The molecular weight excluding hydrogens is 260 g/mol. The molecule has 0 saturated heterocycles. The van der Waals surface area contributed by atoms with E-state index in [9.17, 15) is 5.11 Å². The van der Waals surface area contributed by atoms with Crippen LogP contribution in [-0.4, -0.2) is 17.2 Å². The molecule has 0 amide bonds. The number of rotatable bonds is 5. The van der Waals surface area contributed by atoms with Gasteiger partial charge in [-0.2, -0.15) is 0 Å². The van der Waals surface area contributed by atoms with Crippen molar-refractivity contribution in [3.05, 3.63) is 39.8 Å². The zero-order valence-electron chi connectivity index (χ0n) is 11.3. The lowest BCUT2D eigenvalue weighted by Gasteiger charge is -2.14. The van der Waals surface area contributed by atoms with Crippen LogP contribution in [0.5, 0.6) is 11.5 Å². The van der Waals surface area contributed by atoms with E-state index in [0.717, 1.165) is 17.1 Å². The number of methoxy groups -OCH3 is 1. The molecule has 19 heavy (non-hydrogen) atoms. The Morgan fingerprint density at radius 3 is 2.89 bits per heavy atom. The van der Waals surface area contributed by atoms with Crippen LogP contribution in [0.15, 0.2) is 24.4 Å². The standard InChI is InChI=1S/C14H18N2O2S/c1-9-7-16-14(19-9)8-15-10(2)11-4-5-12(17)13(6-11)18-3/h4-7,10,15,17H,8H2,1-3H3. The molecule has 0 fully saturated rings. The summed E-state index contributed by atoms with van der Waals surface area (Å²) in [6.07, 6.45) is 1.88. The Hall–Kier alpha value is -1.59. The molecule has 1 unspecified atom stereocenters. The highest BCUT2D eigenvalue weighted by molar-refractivity contribution is 7.11. The van der Waals surface area contributed by atoms with Crippen LogP contribution in [0.3, 0.4) is 0 Å². The molecule has 0 bridgehead atoms. The number of aromatic hydroxyl groups is 1. The SMILES string of the molecule is COc1cc(C(C)NCc2ncc(C)s2)ccc1O. The van der Waals surface area contributed by atoms with Gasteiger partial charge in [0.05, 0.1) is 7.11 Å². The van der Waals surface area contributed by atoms with Crippen molar-refractivity contribution in [2.45, 2.75) is 26.4 Å². The van der Waals surface area contributed by atoms with E-state index in [2.05, 4.69) is 24.1 Å². The van der Waals surface area contributed by atoms with Gasteiger partial charge in [-0.3, -0.25) is 0 Å². The van der Waals surface area contributed by atoms with E-state index >= 15 is 0 Å². The van der Waals surface area contributed by atoms with Crippen LogP contribution < -0.4 is 10.1 Å². The smallest absolute Gasteiger partial charge is 0.160 e. The highest BCUT2D eigenvalue weighted by atomic mass is 32.1. The molecule has 1 aromatic carbocycles. The number of thiazole rings is 1. The normalized spacial score (nSPS) is 12.4. The van der Waals surface area contributed by atoms with Crippen LogP contribution in [0.1, 0.15) is 28.4 Å². The second kappa shape index (κ2) is 6.04. The lowest BCUT2D eigenvalue weighted by Crippen LogP contribution is -2.17. The Morgan fingerprint density at radius 1 is 1.47 bits per heavy atom. The third-order valence-corrected chi connectivity index (χ3v) is 3.85. The fraction of sp³-hybridized carbons (Fsp3) is 0.357. The number of phenolic OH excluding ortho intramolecular Hbond substituents is 1. The molecule has 0 aliphatic heterocycles. The molecule has 0 aliphatic carbocycles. The maximum atomic E-state index is 9.57. The highest BCUT2D eigenvalue weighted by Gasteiger charge is 2.09. The van der Waals surface area contributed by atoms with Crippen molar-refractivity contribution in [3.63, 3.8) is 0 Å². The van der Waals surface area contributed by atoms with Gasteiger partial charge in [0.1, 0.15) is 5.01 Å². The van der Waals surface area contributed by atoms with Crippen LogP contribution in [0, 0.1) is 6.92 Å². The molecule has 2 N–H and O–H groups in total. The maximum absolute atomic E-state index is 9.57. The average Bonchev–Trinajstić information content (AvgIpc) is 2.82. The van der Waals surface area contributed by atoms with Crippen LogP contribution >= 0.6 is 11.3 Å². The minimum Gasteiger partial charge on any atom is -0.504 e. The summed E-state index contributed by atoms with van der Waals surface area (Å²) < 4.78 is 5.11. The van der Waals surface area contributed by atoms with E-state index in [4.69, 9.17) is 4.74 Å². The van der Waals surface area contributed by atoms with E-state index in [-0.39, 0.29) is 11.8 Å². The quantitative estimate of drug-likeness (QED) is 0.882. The molecule has 2 aromatic rings. The average molecular weight is 278 g/mol. The molecule has 0 saturated carbocycles. The Bertz CT molecular complexity index is 554. The topological polar surface area (TPSA) is 54.4 Å². The van der Waals surface area contributed by atoms with E-state index in [1.165, 1.54) is 4.88 Å². The summed E-state index contributed by atoms with van der Waals surface area (Å²) in [6, 6.07) is 5.56. The number of benzene rings is 1. The van der Waals surface area contributed by atoms with Gasteiger partial charge >= 0.3 is 0 Å². The molecular formula is C14H18N2O2S. The molecule has 1 heterocycles. The molecule has 102 valence electrons. The lowest BCUT2D eigenvalue weighted by atomic mass is 10.1. The summed E-state index contributed by atoms with van der Waals surface area (Å²) in [7, 11) is 1.55. The van der Waals surface area contributed by atoms with Gasteiger partial charge in [-0.1, -0.05) is 6.07 Å². The van der Waals surface area contributed by atoms with E-state index < -0.39 is 0 Å². The zero-order chi connectivity index (χ0) is 13.8. The number of nitrogens with zero attached hydrogens (tertiary/aromatic N) is 1. The van der Waals surface area contributed by atoms with Gasteiger partial charge in [-0.05, 0) is 31.5 Å². The van der Waals surface area contributed by atoms with Gasteiger partial charge in [0.25, 0.3) is 0 Å². The largest absolute Gasteiger partial charge is 0.504 e. The molecule has 1 aromatic heterocycles. The van der Waals surface area contributed by atoms with Crippen LogP contribution in [0.25, 0.3) is 0 Å². The van der Waals surface area contributed by atoms with Crippen molar-refractivity contribution in [1.29, 1.82) is 0 Å². The van der Waals surface area contributed by atoms with Crippen molar-refractivity contribution in [2.24, 2.45) is 0 Å². The molecule has 0 aliphatic rings. The van der Waals surface area contributed by atoms with Crippen molar-refractivity contribution in [3.8, 4) is 11.5 Å². The Labute approximate surface area is 117 Å². The minimum absolute atomic E-state index is 0.161. The van der Waals surface area contributed by atoms with Gasteiger partial charge < -0.3 is 15.2 Å². The summed E-state index contributed by atoms with van der Waals surface area (Å²) in [5.74, 6) is 0.658. The van der Waals surface area contributed by atoms with Crippen LogP contribution in [0.2, 0.25) is 0 Å². The van der Waals surface area contributed by atoms with Crippen molar-refractivity contribution >= 4 is 11.3 Å². The summed E-state index contributed by atoms with van der Waals surface area (Å²) in [4.78, 5) is 5.54. The molecule has 5 heteroatoms. The fourth-order valence-electron chi connectivity index (χ4n) is 1.80. The zero-order valence-corrected chi connectivity index (χ0v) is 12.1. The number of phenols is 1. The minimum atomic E-state index is 0.161. The number of hydrogen-bond donors (Lipinski definition) is 2. The second-order valence-electron chi connectivity index (χ2n) is 4.40. The Kier molecular flexibility index (Phi) is 4.39. The monoisotopic (exact) mass is 278 g/mol. The second-order valence-corrected chi connectivity index (χ2v) is 5.72. The first kappa shape index (κ1) is 13.8. The Morgan fingerprint density at radius 2 is 2.26 bits per heavy atom. The van der Waals surface area contributed by atoms with E-state index in [1.54, 1.807) is 24.5 Å². The van der Waals surface area contributed by atoms with Crippen molar-refractivity contribution < 1.29 is 9.84 Å². The lowest BCUT2D eigenvalue weighted by molar-refractivity contribution is 0.372. The molecule has 1 atom stereocenters. The van der Waals surface area contributed by atoms with Gasteiger partial charge in [0.15, 0.2) is 11.5 Å². The molecule has 0 spiro atoms. The first-order chi connectivity index (χ1) is 9.10. The van der Waals surface area contributed by atoms with E-state index in [1.807, 2.05) is 18.3 Å². The first-order valence-electron chi connectivity index (χ1n) is 6.11. The summed E-state index contributed by atoms with van der Waals surface area (Å²) in [5.41, 5.74) is 1.07. The van der Waals surface area contributed by atoms with Gasteiger partial charge in [0, 0.05) is 23.7 Å². The fourth-order valence-corrected chi connectivity index (χ4v) is 2.54. The first-order valence-corrected chi connectivity index (χ1v) is 6.93. The Balaban J connectivity index is 2.01. The highest BCUT2D eigenvalue weighted by Crippen LogP contribution is 2.28. The predicted octanol–water partition coefficient (Wildman–Crippen LogP) is 3.02. The third kappa shape index (κ3) is 3.45. The number of nitrogens with one attached hydrogen (secondary N) is 1. The summed E-state index contributed by atoms with van der Waals surface area (Å²) in [5, 5.41) is 14.1. The predicted molar refractivity (Wildman–Crippen MR) is 76.8 cm³/mol. The third-order valence-electron chi connectivity index (χ3n) is 2.93. The number of hydrogen-bond acceptors (Lipinski definition) is 5. The van der Waals surface area contributed by atoms with Crippen LogP contribution in [-0.2, 0) is 6.54 Å². The molecule has 0 radical (unpaired) electrons. The van der Waals surface area contributed by atoms with Crippen molar-refractivity contribution in [1.82, 2.24) is 10.3 Å². The number of aryl methyl sites for hydroxylation is 1. The van der Waals surface area contributed by atoms with Gasteiger partial charge in [0.2, 0.25) is 0 Å². The number of ether oxygens (including phenoxy) is 1. The van der Waals surface area contributed by atoms with E-state index in [0.29, 0.717) is 5.75 Å². The maximum Gasteiger partial charge on any atom is 0.160 e. The molecule has 4 nitrogen and oxygen atoms in total. The summed E-state index contributed by atoms with van der Waals surface area (Å²) >= 11 is 1.70.